The van der Waals surface area contributed by atoms with Crippen molar-refractivity contribution in [2.45, 2.75) is 0 Å². The van der Waals surface area contributed by atoms with Gasteiger partial charge in [-0.05, 0) is 11.6 Å². The number of H-pyrrole nitrogens is 1. The van der Waals surface area contributed by atoms with Crippen molar-refractivity contribution in [2.75, 3.05) is 0 Å². The molecule has 0 unspecified atom stereocenters. The van der Waals surface area contributed by atoms with E-state index in [2.05, 4.69) is 14.8 Å². The van der Waals surface area contributed by atoms with Crippen LogP contribution in [0.3, 0.4) is 0 Å². The first-order valence-corrected chi connectivity index (χ1v) is 7.25. The summed E-state index contributed by atoms with van der Waals surface area (Å²) >= 11 is 0. The van der Waals surface area contributed by atoms with Crippen LogP contribution in [-0.4, -0.2) is 15.8 Å². The van der Waals surface area contributed by atoms with E-state index < -0.39 is 0 Å². The number of nitriles is 1. The van der Waals surface area contributed by atoms with Gasteiger partial charge in [-0.25, -0.2) is 10.1 Å². The van der Waals surface area contributed by atoms with Crippen LogP contribution in [-0.2, 0) is 0 Å². The molecule has 24 heavy (non-hydrogen) atoms. The largest absolute Gasteiger partial charge is 0.494 e. The molecule has 2 N–H and O–H groups in total. The van der Waals surface area contributed by atoms with Gasteiger partial charge in [-0.15, -0.1) is 0 Å². The van der Waals surface area contributed by atoms with Crippen LogP contribution in [0.1, 0.15) is 16.7 Å². The van der Waals surface area contributed by atoms with Gasteiger partial charge in [0, 0.05) is 16.5 Å². The molecule has 2 aromatic carbocycles. The Morgan fingerprint density at radius 2 is 1.83 bits per heavy atom. The van der Waals surface area contributed by atoms with Crippen molar-refractivity contribution >= 4 is 22.3 Å². The molecule has 0 amide bonds. The maximum Gasteiger partial charge on any atom is 0.287 e. The molecule has 5 heteroatoms. The van der Waals surface area contributed by atoms with Crippen LogP contribution >= 0.6 is 0 Å². The van der Waals surface area contributed by atoms with Gasteiger partial charge in [0.1, 0.15) is 0 Å². The van der Waals surface area contributed by atoms with Crippen LogP contribution < -0.4 is 0 Å². The molecule has 2 heterocycles. The highest BCUT2D eigenvalue weighted by Crippen LogP contribution is 2.38. The van der Waals surface area contributed by atoms with E-state index in [9.17, 15) is 10.4 Å². The van der Waals surface area contributed by atoms with Crippen LogP contribution in [0, 0.1) is 17.9 Å². The van der Waals surface area contributed by atoms with Crippen molar-refractivity contribution in [3.05, 3.63) is 82.3 Å². The van der Waals surface area contributed by atoms with Crippen molar-refractivity contribution in [3.63, 3.8) is 0 Å². The second-order valence-corrected chi connectivity index (χ2v) is 5.32. The average molecular weight is 310 g/mol. The summed E-state index contributed by atoms with van der Waals surface area (Å²) in [6, 6.07) is 16.8. The first kappa shape index (κ1) is 13.8. The van der Waals surface area contributed by atoms with E-state index >= 15 is 0 Å². The van der Waals surface area contributed by atoms with E-state index in [0.29, 0.717) is 17.0 Å². The highest BCUT2D eigenvalue weighted by molar-refractivity contribution is 6.26. The normalized spacial score (nSPS) is 14.7. The first-order valence-electron chi connectivity index (χ1n) is 7.25. The van der Waals surface area contributed by atoms with Gasteiger partial charge in [0.2, 0.25) is 0 Å². The summed E-state index contributed by atoms with van der Waals surface area (Å²) in [6.45, 7) is 7.20. The highest BCUT2D eigenvalue weighted by atomic mass is 16.3. The Hall–Kier alpha value is -3.83. The number of nitrogens with one attached hydrogen (secondary N) is 1. The molecule has 1 aliphatic rings. The van der Waals surface area contributed by atoms with Gasteiger partial charge < -0.3 is 10.1 Å². The molecule has 0 aliphatic carbocycles. The fourth-order valence-corrected chi connectivity index (χ4v) is 3.00. The van der Waals surface area contributed by atoms with Gasteiger partial charge in [-0.1, -0.05) is 42.5 Å². The molecule has 0 spiro atoms. The molecular formula is C19H10N4O. The molecule has 3 aromatic rings. The molecule has 0 atom stereocenters. The third kappa shape index (κ3) is 1.83. The molecule has 0 fully saturated rings. The number of rotatable bonds is 1. The van der Waals surface area contributed by atoms with Crippen LogP contribution in [0.4, 0.5) is 0 Å². The number of aliphatic imine (C=N–C) groups is 1. The van der Waals surface area contributed by atoms with E-state index in [0.717, 1.165) is 22.0 Å². The van der Waals surface area contributed by atoms with Gasteiger partial charge in [0.15, 0.2) is 5.88 Å². The maximum absolute atomic E-state index is 10.4. The summed E-state index contributed by atoms with van der Waals surface area (Å²) in [5.74, 6) is 0.0207. The Bertz CT molecular complexity index is 1120. The van der Waals surface area contributed by atoms with Crippen molar-refractivity contribution in [2.24, 2.45) is 4.99 Å². The minimum absolute atomic E-state index is 0.0207. The van der Waals surface area contributed by atoms with E-state index in [1.54, 1.807) is 0 Å². The number of fused-ring (bicyclic) bond motifs is 2. The zero-order chi connectivity index (χ0) is 16.7. The summed E-state index contributed by atoms with van der Waals surface area (Å²) < 4.78 is 0. The smallest absolute Gasteiger partial charge is 0.287 e. The third-order valence-corrected chi connectivity index (χ3v) is 4.03. The van der Waals surface area contributed by atoms with Gasteiger partial charge in [0.25, 0.3) is 5.70 Å². The second kappa shape index (κ2) is 5.12. The topological polar surface area (TPSA) is 76.5 Å². The Morgan fingerprint density at radius 3 is 2.58 bits per heavy atom. The van der Waals surface area contributed by atoms with E-state index in [1.165, 1.54) is 0 Å². The van der Waals surface area contributed by atoms with Gasteiger partial charge in [0.05, 0.1) is 29.6 Å². The van der Waals surface area contributed by atoms with Crippen LogP contribution in [0.15, 0.2) is 59.2 Å². The minimum atomic E-state index is -0.0585. The molecule has 1 aromatic heterocycles. The SMILES string of the molecule is [C-]#[N+]C(C#N)=C1N=C(c2c(O)[nH]c3ccccc23)c2ccccc21. The lowest BCUT2D eigenvalue weighted by atomic mass is 9.98. The Morgan fingerprint density at radius 1 is 1.12 bits per heavy atom. The Balaban J connectivity index is 2.08. The highest BCUT2D eigenvalue weighted by Gasteiger charge is 2.27. The second-order valence-electron chi connectivity index (χ2n) is 5.32. The molecule has 5 nitrogen and oxygen atoms in total. The van der Waals surface area contributed by atoms with E-state index in [1.807, 2.05) is 54.6 Å². The summed E-state index contributed by atoms with van der Waals surface area (Å²) in [7, 11) is 0. The maximum atomic E-state index is 10.4. The molecule has 0 radical (unpaired) electrons. The number of hydrogen-bond donors (Lipinski definition) is 2. The fourth-order valence-electron chi connectivity index (χ4n) is 3.00. The number of hydrogen-bond acceptors (Lipinski definition) is 3. The minimum Gasteiger partial charge on any atom is -0.494 e. The lowest BCUT2D eigenvalue weighted by Crippen LogP contribution is -2.00. The van der Waals surface area contributed by atoms with Gasteiger partial charge in [-0.2, -0.15) is 0 Å². The van der Waals surface area contributed by atoms with Crippen LogP contribution in [0.25, 0.3) is 21.4 Å². The van der Waals surface area contributed by atoms with Gasteiger partial charge in [-0.3, -0.25) is 4.99 Å². The molecule has 0 saturated carbocycles. The first-order chi connectivity index (χ1) is 11.7. The monoisotopic (exact) mass is 310 g/mol. The number of aromatic amines is 1. The molecule has 0 saturated heterocycles. The predicted octanol–water partition coefficient (Wildman–Crippen LogP) is 3.84. The zero-order valence-corrected chi connectivity index (χ0v) is 12.4. The molecular weight excluding hydrogens is 300 g/mol. The lowest BCUT2D eigenvalue weighted by molar-refractivity contribution is 0.457. The third-order valence-electron chi connectivity index (χ3n) is 4.03. The number of para-hydroxylation sites is 1. The van der Waals surface area contributed by atoms with Crippen LogP contribution in [0.2, 0.25) is 0 Å². The molecule has 112 valence electrons. The molecule has 4 rings (SSSR count). The standard InChI is InChI=1S/C19H10N4O/c1-21-15(10-20)17-11-6-2-3-7-12(11)18(23-17)16-13-8-4-5-9-14(13)22-19(16)24/h2-9,22,24H. The van der Waals surface area contributed by atoms with Crippen molar-refractivity contribution < 1.29 is 5.11 Å². The quantitative estimate of drug-likeness (QED) is 0.529. The van der Waals surface area contributed by atoms with E-state index in [-0.39, 0.29) is 11.6 Å². The zero-order valence-electron chi connectivity index (χ0n) is 12.4. The number of benzene rings is 2. The fraction of sp³-hybridized carbons (Fsp3) is 0. The van der Waals surface area contributed by atoms with Crippen molar-refractivity contribution in [1.29, 1.82) is 5.26 Å². The van der Waals surface area contributed by atoms with Crippen LogP contribution in [0.5, 0.6) is 5.88 Å². The molecule has 1 aliphatic heterocycles. The summed E-state index contributed by atoms with van der Waals surface area (Å²) in [4.78, 5) is 10.8. The molecule has 0 bridgehead atoms. The number of aromatic hydroxyl groups is 1. The van der Waals surface area contributed by atoms with Gasteiger partial charge >= 0.3 is 0 Å². The summed E-state index contributed by atoms with van der Waals surface area (Å²) in [5.41, 5.74) is 3.75. The lowest BCUT2D eigenvalue weighted by Gasteiger charge is -2.03. The van der Waals surface area contributed by atoms with Crippen molar-refractivity contribution in [3.8, 4) is 11.9 Å². The number of aromatic nitrogens is 1. The number of allylic oxidation sites excluding steroid dienone is 1. The van der Waals surface area contributed by atoms with E-state index in [4.69, 9.17) is 6.57 Å². The van der Waals surface area contributed by atoms with Crippen molar-refractivity contribution in [1.82, 2.24) is 4.98 Å². The average Bonchev–Trinajstić information content (AvgIpc) is 3.13. The summed E-state index contributed by atoms with van der Waals surface area (Å²) in [5, 5.41) is 20.4. The summed E-state index contributed by atoms with van der Waals surface area (Å²) in [6.07, 6.45) is 0. The Labute approximate surface area is 137 Å². The predicted molar refractivity (Wildman–Crippen MR) is 91.2 cm³/mol. The number of nitrogens with zero attached hydrogens (tertiary/aromatic N) is 3. The Kier molecular flexibility index (Phi) is 2.94.